The van der Waals surface area contributed by atoms with Gasteiger partial charge in [0, 0.05) is 0 Å². The molecule has 190 valence electrons. The SMILES string of the molecule is CCCCCC(CCCCC)OC(=O)c1ccc(C(=O)OC(CCCCC)CCCCC)o1. The summed E-state index contributed by atoms with van der Waals surface area (Å²) >= 11 is 0. The number of esters is 2. The van der Waals surface area contributed by atoms with E-state index in [2.05, 4.69) is 27.7 Å². The van der Waals surface area contributed by atoms with Gasteiger partial charge in [-0.05, 0) is 63.5 Å². The number of hydrogen-bond acceptors (Lipinski definition) is 5. The van der Waals surface area contributed by atoms with Crippen molar-refractivity contribution in [2.45, 2.75) is 143 Å². The van der Waals surface area contributed by atoms with Gasteiger partial charge in [0.1, 0.15) is 12.2 Å². The molecule has 0 unspecified atom stereocenters. The molecule has 0 aliphatic rings. The number of furan rings is 1. The maximum atomic E-state index is 12.7. The molecule has 33 heavy (non-hydrogen) atoms. The Kier molecular flexibility index (Phi) is 16.5. The second-order valence-electron chi connectivity index (χ2n) is 9.20. The van der Waals surface area contributed by atoms with Crippen LogP contribution in [-0.4, -0.2) is 24.1 Å². The highest BCUT2D eigenvalue weighted by Crippen LogP contribution is 2.20. The molecule has 0 aliphatic heterocycles. The van der Waals surface area contributed by atoms with Gasteiger partial charge in [0.25, 0.3) is 0 Å². The van der Waals surface area contributed by atoms with Crippen LogP contribution in [0.4, 0.5) is 0 Å². The lowest BCUT2D eigenvalue weighted by molar-refractivity contribution is 0.0181. The van der Waals surface area contributed by atoms with Gasteiger partial charge in [-0.25, -0.2) is 9.59 Å². The van der Waals surface area contributed by atoms with Gasteiger partial charge in [-0.15, -0.1) is 0 Å². The minimum Gasteiger partial charge on any atom is -0.457 e. The van der Waals surface area contributed by atoms with Gasteiger partial charge in [0.05, 0.1) is 0 Å². The van der Waals surface area contributed by atoms with Crippen LogP contribution in [0.5, 0.6) is 0 Å². The average molecular weight is 465 g/mol. The first-order valence-corrected chi connectivity index (χ1v) is 13.6. The molecule has 0 bridgehead atoms. The highest BCUT2D eigenvalue weighted by atomic mass is 16.6. The zero-order valence-corrected chi connectivity index (χ0v) is 21.7. The number of unbranched alkanes of at least 4 members (excludes halogenated alkanes) is 8. The Morgan fingerprint density at radius 1 is 0.606 bits per heavy atom. The lowest BCUT2D eigenvalue weighted by Crippen LogP contribution is -2.19. The van der Waals surface area contributed by atoms with E-state index in [-0.39, 0.29) is 23.7 Å². The highest BCUT2D eigenvalue weighted by Gasteiger charge is 2.23. The van der Waals surface area contributed by atoms with Gasteiger partial charge in [-0.1, -0.05) is 79.1 Å². The molecule has 0 fully saturated rings. The summed E-state index contributed by atoms with van der Waals surface area (Å²) in [7, 11) is 0. The third-order valence-electron chi connectivity index (χ3n) is 6.07. The minimum atomic E-state index is -0.491. The van der Waals surface area contributed by atoms with Crippen molar-refractivity contribution in [2.24, 2.45) is 0 Å². The van der Waals surface area contributed by atoms with Gasteiger partial charge in [-0.2, -0.15) is 0 Å². The van der Waals surface area contributed by atoms with E-state index in [1.165, 1.54) is 12.1 Å². The maximum absolute atomic E-state index is 12.7. The van der Waals surface area contributed by atoms with Gasteiger partial charge >= 0.3 is 11.9 Å². The van der Waals surface area contributed by atoms with Crippen molar-refractivity contribution in [3.8, 4) is 0 Å². The fourth-order valence-electron chi connectivity index (χ4n) is 3.99. The second-order valence-corrected chi connectivity index (χ2v) is 9.20. The summed E-state index contributed by atoms with van der Waals surface area (Å²) in [6.45, 7) is 8.67. The number of ether oxygens (including phenoxy) is 2. The largest absolute Gasteiger partial charge is 0.457 e. The van der Waals surface area contributed by atoms with Crippen molar-refractivity contribution in [1.82, 2.24) is 0 Å². The van der Waals surface area contributed by atoms with E-state index in [0.29, 0.717) is 0 Å². The fourth-order valence-corrected chi connectivity index (χ4v) is 3.99. The van der Waals surface area contributed by atoms with Crippen LogP contribution in [0, 0.1) is 0 Å². The molecule has 0 atom stereocenters. The van der Waals surface area contributed by atoms with Crippen LogP contribution in [0.2, 0.25) is 0 Å². The summed E-state index contributed by atoms with van der Waals surface area (Å²) in [5, 5.41) is 0. The molecule has 0 saturated heterocycles. The number of rotatable bonds is 20. The van der Waals surface area contributed by atoms with E-state index in [1.54, 1.807) is 0 Å². The quantitative estimate of drug-likeness (QED) is 0.143. The molecule has 1 rings (SSSR count). The Morgan fingerprint density at radius 2 is 0.909 bits per heavy atom. The Balaban J connectivity index is 2.67. The van der Waals surface area contributed by atoms with Crippen LogP contribution in [0.1, 0.15) is 152 Å². The summed E-state index contributed by atoms with van der Waals surface area (Å²) < 4.78 is 17.1. The normalized spacial score (nSPS) is 11.3. The first-order chi connectivity index (χ1) is 16.0. The zero-order valence-electron chi connectivity index (χ0n) is 21.7. The van der Waals surface area contributed by atoms with Crippen molar-refractivity contribution in [3.63, 3.8) is 0 Å². The third kappa shape index (κ3) is 12.9. The predicted octanol–water partition coefficient (Wildman–Crippen LogP) is 8.65. The molecule has 1 aromatic rings. The van der Waals surface area contributed by atoms with Gasteiger partial charge in [-0.3, -0.25) is 0 Å². The Labute approximate surface area is 202 Å². The van der Waals surface area contributed by atoms with Crippen molar-refractivity contribution in [1.29, 1.82) is 0 Å². The summed E-state index contributed by atoms with van der Waals surface area (Å²) in [6, 6.07) is 3.05. The summed E-state index contributed by atoms with van der Waals surface area (Å²) in [6.07, 6.45) is 16.6. The topological polar surface area (TPSA) is 65.7 Å². The Morgan fingerprint density at radius 3 is 1.18 bits per heavy atom. The molecule has 1 aromatic heterocycles. The van der Waals surface area contributed by atoms with E-state index in [4.69, 9.17) is 13.9 Å². The molecule has 0 spiro atoms. The number of hydrogen-bond donors (Lipinski definition) is 0. The molecule has 0 saturated carbocycles. The van der Waals surface area contributed by atoms with Crippen LogP contribution in [0.25, 0.3) is 0 Å². The van der Waals surface area contributed by atoms with Crippen LogP contribution < -0.4 is 0 Å². The second kappa shape index (κ2) is 18.6. The molecule has 5 nitrogen and oxygen atoms in total. The minimum absolute atomic E-state index is 0.0754. The summed E-state index contributed by atoms with van der Waals surface area (Å²) in [5.41, 5.74) is 0. The van der Waals surface area contributed by atoms with Gasteiger partial charge in [0.2, 0.25) is 11.5 Å². The smallest absolute Gasteiger partial charge is 0.374 e. The molecule has 0 N–H and O–H groups in total. The first-order valence-electron chi connectivity index (χ1n) is 13.6. The molecular formula is C28H48O5. The fraction of sp³-hybridized carbons (Fsp3) is 0.786. The van der Waals surface area contributed by atoms with Crippen molar-refractivity contribution in [2.75, 3.05) is 0 Å². The monoisotopic (exact) mass is 464 g/mol. The van der Waals surface area contributed by atoms with Crippen molar-refractivity contribution >= 4 is 11.9 Å². The lowest BCUT2D eigenvalue weighted by atomic mass is 10.0. The molecule has 0 radical (unpaired) electrons. The number of carbonyl (C=O) groups is 2. The van der Waals surface area contributed by atoms with Crippen LogP contribution in [-0.2, 0) is 9.47 Å². The molecule has 0 aromatic carbocycles. The maximum Gasteiger partial charge on any atom is 0.374 e. The molecule has 1 heterocycles. The predicted molar refractivity (Wildman–Crippen MR) is 134 cm³/mol. The summed E-state index contributed by atoms with van der Waals surface area (Å²) in [4.78, 5) is 25.3. The van der Waals surface area contributed by atoms with E-state index >= 15 is 0 Å². The first kappa shape index (κ1) is 29.3. The molecule has 0 amide bonds. The van der Waals surface area contributed by atoms with Crippen LogP contribution >= 0.6 is 0 Å². The molecule has 5 heteroatoms. The van der Waals surface area contributed by atoms with Gasteiger partial charge in [0.15, 0.2) is 0 Å². The van der Waals surface area contributed by atoms with Crippen molar-refractivity contribution in [3.05, 3.63) is 23.7 Å². The van der Waals surface area contributed by atoms with Crippen molar-refractivity contribution < 1.29 is 23.5 Å². The number of carbonyl (C=O) groups excluding carboxylic acids is 2. The van der Waals surface area contributed by atoms with Crippen LogP contribution in [0.15, 0.2) is 16.5 Å². The van der Waals surface area contributed by atoms with E-state index in [9.17, 15) is 9.59 Å². The zero-order chi connectivity index (χ0) is 24.3. The molecule has 0 aliphatic carbocycles. The van der Waals surface area contributed by atoms with E-state index in [1.807, 2.05) is 0 Å². The summed E-state index contributed by atoms with van der Waals surface area (Å²) in [5.74, 6) is -0.832. The lowest BCUT2D eigenvalue weighted by Gasteiger charge is -2.17. The average Bonchev–Trinajstić information content (AvgIpc) is 3.30. The molecular weight excluding hydrogens is 416 g/mol. The standard InChI is InChI=1S/C28H48O5/c1-5-9-13-17-23(18-14-10-6-2)31-27(29)25-21-22-26(33-25)28(30)32-24(19-15-11-7-3)20-16-12-8-4/h21-24H,5-20H2,1-4H3. The van der Waals surface area contributed by atoms with Gasteiger partial charge < -0.3 is 13.9 Å². The van der Waals surface area contributed by atoms with E-state index in [0.717, 1.165) is 103 Å². The van der Waals surface area contributed by atoms with E-state index < -0.39 is 11.9 Å². The van der Waals surface area contributed by atoms with Crippen LogP contribution in [0.3, 0.4) is 0 Å². The Bertz CT molecular complexity index is 563. The third-order valence-corrected chi connectivity index (χ3v) is 6.07. The highest BCUT2D eigenvalue weighted by molar-refractivity contribution is 5.91. The Hall–Kier alpha value is -1.78.